The van der Waals surface area contributed by atoms with Crippen molar-refractivity contribution in [3.8, 4) is 0 Å². The second-order valence-corrected chi connectivity index (χ2v) is 6.08. The molecule has 1 unspecified atom stereocenters. The number of hydroxylamine groups is 2. The molecule has 1 heterocycles. The molecule has 0 bridgehead atoms. The normalized spacial score (nSPS) is 18.8. The fraction of sp³-hybridized carbons (Fsp3) is 0.429. The predicted molar refractivity (Wildman–Crippen MR) is 77.6 cm³/mol. The number of benzene rings is 1. The fourth-order valence-electron chi connectivity index (χ4n) is 1.98. The van der Waals surface area contributed by atoms with Crippen molar-refractivity contribution in [2.75, 3.05) is 0 Å². The SMILES string of the molecule is CC(C)CC1NC(=O)N(OCc2ccc(Br)cc2)C1=O. The molecule has 20 heavy (non-hydrogen) atoms. The summed E-state index contributed by atoms with van der Waals surface area (Å²) in [5.74, 6) is 0.0106. The lowest BCUT2D eigenvalue weighted by Crippen LogP contribution is -2.32. The number of hydrogen-bond donors (Lipinski definition) is 1. The number of nitrogens with one attached hydrogen (secondary N) is 1. The molecule has 0 aliphatic carbocycles. The molecule has 0 saturated carbocycles. The number of imide groups is 1. The third kappa shape index (κ3) is 3.58. The highest BCUT2D eigenvalue weighted by Crippen LogP contribution is 2.16. The monoisotopic (exact) mass is 340 g/mol. The summed E-state index contributed by atoms with van der Waals surface area (Å²) in [5, 5.41) is 3.46. The van der Waals surface area contributed by atoms with Crippen molar-refractivity contribution in [1.82, 2.24) is 10.4 Å². The summed E-state index contributed by atoms with van der Waals surface area (Å²) in [7, 11) is 0. The minimum absolute atomic E-state index is 0.181. The lowest BCUT2D eigenvalue weighted by Gasteiger charge is -2.13. The summed E-state index contributed by atoms with van der Waals surface area (Å²) in [5.41, 5.74) is 0.890. The zero-order valence-corrected chi connectivity index (χ0v) is 13.0. The summed E-state index contributed by atoms with van der Waals surface area (Å²) in [4.78, 5) is 29.1. The number of urea groups is 1. The smallest absolute Gasteiger partial charge is 0.324 e. The van der Waals surface area contributed by atoms with Gasteiger partial charge in [0.1, 0.15) is 12.6 Å². The van der Waals surface area contributed by atoms with Gasteiger partial charge < -0.3 is 5.32 Å². The Hall–Kier alpha value is -1.40. The Morgan fingerprint density at radius 3 is 2.55 bits per heavy atom. The van der Waals surface area contributed by atoms with E-state index in [9.17, 15) is 9.59 Å². The Morgan fingerprint density at radius 1 is 1.30 bits per heavy atom. The third-order valence-electron chi connectivity index (χ3n) is 2.96. The van der Waals surface area contributed by atoms with Crippen LogP contribution in [0.1, 0.15) is 25.8 Å². The van der Waals surface area contributed by atoms with Gasteiger partial charge in [0.05, 0.1) is 0 Å². The van der Waals surface area contributed by atoms with E-state index in [1.54, 1.807) is 0 Å². The highest BCUT2D eigenvalue weighted by Gasteiger charge is 2.39. The maximum absolute atomic E-state index is 12.0. The third-order valence-corrected chi connectivity index (χ3v) is 3.49. The molecule has 1 fully saturated rings. The van der Waals surface area contributed by atoms with Crippen LogP contribution in [0.25, 0.3) is 0 Å². The van der Waals surface area contributed by atoms with Gasteiger partial charge in [0.2, 0.25) is 0 Å². The highest BCUT2D eigenvalue weighted by molar-refractivity contribution is 9.10. The Balaban J connectivity index is 1.94. The van der Waals surface area contributed by atoms with Crippen LogP contribution in [0, 0.1) is 5.92 Å². The first-order valence-corrected chi connectivity index (χ1v) is 7.28. The number of carbonyl (C=O) groups excluding carboxylic acids is 2. The second-order valence-electron chi connectivity index (χ2n) is 5.16. The lowest BCUT2D eigenvalue weighted by atomic mass is 10.0. The van der Waals surface area contributed by atoms with Crippen molar-refractivity contribution < 1.29 is 14.4 Å². The van der Waals surface area contributed by atoms with E-state index in [0.29, 0.717) is 12.3 Å². The molecule has 1 atom stereocenters. The Kier molecular flexibility index (Phi) is 4.77. The maximum atomic E-state index is 12.0. The van der Waals surface area contributed by atoms with Crippen LogP contribution >= 0.6 is 15.9 Å². The molecule has 1 aromatic rings. The van der Waals surface area contributed by atoms with E-state index in [2.05, 4.69) is 21.2 Å². The molecular weight excluding hydrogens is 324 g/mol. The molecule has 0 aromatic heterocycles. The summed E-state index contributed by atoms with van der Waals surface area (Å²) in [6, 6.07) is 6.53. The van der Waals surface area contributed by atoms with Crippen molar-refractivity contribution in [2.45, 2.75) is 32.9 Å². The molecule has 0 radical (unpaired) electrons. The van der Waals surface area contributed by atoms with Crippen LogP contribution < -0.4 is 5.32 Å². The van der Waals surface area contributed by atoms with E-state index in [-0.39, 0.29) is 12.5 Å². The number of rotatable bonds is 5. The van der Waals surface area contributed by atoms with Gasteiger partial charge in [-0.2, -0.15) is 0 Å². The van der Waals surface area contributed by atoms with E-state index in [1.807, 2.05) is 38.1 Å². The molecule has 108 valence electrons. The van der Waals surface area contributed by atoms with Crippen LogP contribution in [-0.4, -0.2) is 23.0 Å². The molecule has 3 amide bonds. The highest BCUT2D eigenvalue weighted by atomic mass is 79.9. The summed E-state index contributed by atoms with van der Waals surface area (Å²) in [6.07, 6.45) is 0.614. The Labute approximate surface area is 126 Å². The van der Waals surface area contributed by atoms with Gasteiger partial charge in [-0.1, -0.05) is 41.9 Å². The Bertz CT molecular complexity index is 502. The van der Waals surface area contributed by atoms with Gasteiger partial charge in [-0.15, -0.1) is 5.06 Å². The first-order chi connectivity index (χ1) is 9.47. The molecular formula is C14H17BrN2O3. The van der Waals surface area contributed by atoms with Gasteiger partial charge in [-0.25, -0.2) is 4.79 Å². The molecule has 1 saturated heterocycles. The van der Waals surface area contributed by atoms with Crippen LogP contribution in [0.5, 0.6) is 0 Å². The number of carbonyl (C=O) groups is 2. The first-order valence-electron chi connectivity index (χ1n) is 6.49. The molecule has 0 spiro atoms. The average molecular weight is 341 g/mol. The molecule has 6 heteroatoms. The van der Waals surface area contributed by atoms with Crippen molar-refractivity contribution >= 4 is 27.9 Å². The van der Waals surface area contributed by atoms with Gasteiger partial charge in [0.25, 0.3) is 5.91 Å². The number of hydrogen-bond acceptors (Lipinski definition) is 3. The molecule has 1 aromatic carbocycles. The van der Waals surface area contributed by atoms with Crippen molar-refractivity contribution in [3.05, 3.63) is 34.3 Å². The average Bonchev–Trinajstić information content (AvgIpc) is 2.64. The maximum Gasteiger partial charge on any atom is 0.349 e. The number of halogens is 1. The van der Waals surface area contributed by atoms with Crippen molar-refractivity contribution in [3.63, 3.8) is 0 Å². The largest absolute Gasteiger partial charge is 0.349 e. The lowest BCUT2D eigenvalue weighted by molar-refractivity contribution is -0.167. The number of amides is 3. The summed E-state index contributed by atoms with van der Waals surface area (Å²) >= 11 is 3.34. The van der Waals surface area contributed by atoms with Crippen molar-refractivity contribution in [2.24, 2.45) is 5.92 Å². The molecule has 2 rings (SSSR count). The zero-order chi connectivity index (χ0) is 14.7. The molecule has 5 nitrogen and oxygen atoms in total. The van der Waals surface area contributed by atoms with Crippen LogP contribution in [0.2, 0.25) is 0 Å². The van der Waals surface area contributed by atoms with Crippen molar-refractivity contribution in [1.29, 1.82) is 0 Å². The quantitative estimate of drug-likeness (QED) is 0.838. The van der Waals surface area contributed by atoms with E-state index in [1.165, 1.54) is 0 Å². The topological polar surface area (TPSA) is 58.6 Å². The zero-order valence-electron chi connectivity index (χ0n) is 11.4. The van der Waals surface area contributed by atoms with E-state index in [0.717, 1.165) is 15.1 Å². The Morgan fingerprint density at radius 2 is 1.95 bits per heavy atom. The summed E-state index contributed by atoms with van der Waals surface area (Å²) in [6.45, 7) is 4.19. The molecule has 1 N–H and O–H groups in total. The first kappa shape index (κ1) is 15.0. The standard InChI is InChI=1S/C14H17BrN2O3/c1-9(2)7-12-13(18)17(14(19)16-12)20-8-10-3-5-11(15)6-4-10/h3-6,9,12H,7-8H2,1-2H3,(H,16,19). The van der Waals surface area contributed by atoms with Crippen LogP contribution in [0.15, 0.2) is 28.7 Å². The molecule has 1 aliphatic rings. The fourth-order valence-corrected chi connectivity index (χ4v) is 2.25. The van der Waals surface area contributed by atoms with Gasteiger partial charge in [-0.05, 0) is 30.0 Å². The minimum Gasteiger partial charge on any atom is -0.324 e. The second kappa shape index (κ2) is 6.37. The van der Waals surface area contributed by atoms with Crippen LogP contribution in [0.3, 0.4) is 0 Å². The van der Waals surface area contributed by atoms with Crippen LogP contribution in [-0.2, 0) is 16.2 Å². The summed E-state index contributed by atoms with van der Waals surface area (Å²) < 4.78 is 0.966. The van der Waals surface area contributed by atoms with Gasteiger partial charge in [-0.3, -0.25) is 9.63 Å². The van der Waals surface area contributed by atoms with Gasteiger partial charge >= 0.3 is 6.03 Å². The number of nitrogens with zero attached hydrogens (tertiary/aromatic N) is 1. The molecule has 1 aliphatic heterocycles. The van der Waals surface area contributed by atoms with E-state index >= 15 is 0 Å². The van der Waals surface area contributed by atoms with Gasteiger partial charge in [0.15, 0.2) is 0 Å². The minimum atomic E-state index is -0.488. The van der Waals surface area contributed by atoms with Crippen LogP contribution in [0.4, 0.5) is 4.79 Å². The van der Waals surface area contributed by atoms with E-state index < -0.39 is 12.1 Å². The van der Waals surface area contributed by atoms with E-state index in [4.69, 9.17) is 4.84 Å². The van der Waals surface area contributed by atoms with Gasteiger partial charge in [0, 0.05) is 4.47 Å². The predicted octanol–water partition coefficient (Wildman–Crippen LogP) is 2.85.